The van der Waals surface area contributed by atoms with E-state index in [2.05, 4.69) is 194 Å². The summed E-state index contributed by atoms with van der Waals surface area (Å²) in [5.41, 5.74) is 14.2. The number of aromatic nitrogens is 5. The van der Waals surface area contributed by atoms with Crippen LogP contribution < -0.4 is 0 Å². The van der Waals surface area contributed by atoms with E-state index in [1.807, 2.05) is 0 Å². The van der Waals surface area contributed by atoms with Crippen molar-refractivity contribution in [3.05, 3.63) is 181 Å². The van der Waals surface area contributed by atoms with E-state index in [4.69, 9.17) is 4.98 Å². The highest BCUT2D eigenvalue weighted by Crippen LogP contribution is 2.42. The van der Waals surface area contributed by atoms with Gasteiger partial charge in [0.2, 0.25) is 0 Å². The average molecular weight is 734 g/mol. The molecule has 0 saturated carbocycles. The Morgan fingerprint density at radius 2 is 0.786 bits per heavy atom. The number of benzene rings is 8. The summed E-state index contributed by atoms with van der Waals surface area (Å²) in [6.07, 6.45) is 0. The summed E-state index contributed by atoms with van der Waals surface area (Å²) in [6.45, 7) is 0.815. The third-order valence-electron chi connectivity index (χ3n) is 11.9. The molecule has 0 amide bonds. The van der Waals surface area contributed by atoms with Crippen LogP contribution in [0.2, 0.25) is 0 Å². The molecule has 13 rings (SSSR count). The lowest BCUT2D eigenvalue weighted by Crippen LogP contribution is -2.08. The molecule has 0 saturated heterocycles. The highest BCUT2D eigenvalue weighted by Gasteiger charge is 2.23. The number of rotatable bonds is 3. The maximum absolute atomic E-state index is 5.01. The van der Waals surface area contributed by atoms with Crippen molar-refractivity contribution in [1.29, 1.82) is 0 Å². The standard InChI is InChI=1S/C50H31N5S/c1-6-16-42-35(11-1)36-12-2-7-17-43(36)53(42)32-23-25-46-39(27-32)40-28-33(54-44-18-8-3-13-37(44)38-14-4-9-19-45(38)54)24-26-47(40)55(46)34-22-21-31-30-52-48-20-10-5-15-41(48)51-50(52)56-49(31)29-34/h1-29H,30H2. The van der Waals surface area contributed by atoms with E-state index in [0.717, 1.165) is 34.3 Å². The van der Waals surface area contributed by atoms with Crippen molar-refractivity contribution in [2.75, 3.05) is 0 Å². The van der Waals surface area contributed by atoms with Gasteiger partial charge in [-0.2, -0.15) is 0 Å². The van der Waals surface area contributed by atoms with Gasteiger partial charge >= 0.3 is 0 Å². The molecule has 5 heterocycles. The van der Waals surface area contributed by atoms with Crippen LogP contribution in [0.4, 0.5) is 0 Å². The Kier molecular flexibility index (Phi) is 6.10. The van der Waals surface area contributed by atoms with E-state index in [1.165, 1.54) is 81.4 Å². The maximum atomic E-state index is 5.01. The molecule has 0 atom stereocenters. The van der Waals surface area contributed by atoms with Gasteiger partial charge in [-0.3, -0.25) is 0 Å². The summed E-state index contributed by atoms with van der Waals surface area (Å²) in [4.78, 5) is 6.27. The molecule has 262 valence electrons. The fourth-order valence-electron chi connectivity index (χ4n) is 9.42. The Bertz CT molecular complexity index is 3340. The van der Waals surface area contributed by atoms with Gasteiger partial charge in [0.05, 0.1) is 50.7 Å². The van der Waals surface area contributed by atoms with Crippen molar-refractivity contribution in [3.63, 3.8) is 0 Å². The molecule has 5 nitrogen and oxygen atoms in total. The molecule has 1 aliphatic rings. The number of hydrogen-bond donors (Lipinski definition) is 0. The Balaban J connectivity index is 1.07. The molecular weight excluding hydrogens is 703 g/mol. The number of imidazole rings is 1. The molecule has 56 heavy (non-hydrogen) atoms. The molecular formula is C50H31N5S. The third kappa shape index (κ3) is 4.14. The van der Waals surface area contributed by atoms with E-state index in [9.17, 15) is 0 Å². The topological polar surface area (TPSA) is 32.6 Å². The van der Waals surface area contributed by atoms with Crippen molar-refractivity contribution < 1.29 is 0 Å². The quantitative estimate of drug-likeness (QED) is 0.181. The predicted molar refractivity (Wildman–Crippen MR) is 232 cm³/mol. The zero-order valence-corrected chi connectivity index (χ0v) is 30.9. The minimum atomic E-state index is 0.815. The Hall–Kier alpha value is -7.02. The van der Waals surface area contributed by atoms with Gasteiger partial charge in [0.25, 0.3) is 0 Å². The van der Waals surface area contributed by atoms with Gasteiger partial charge < -0.3 is 18.3 Å². The SMILES string of the molecule is c1ccc2c(c1)nc1n2Cc2ccc(-n3c4ccc(-n5c6ccccc6c6ccccc65)cc4c4cc(-n5c6ccccc6c6ccccc65)ccc43)cc2S1. The Morgan fingerprint density at radius 3 is 1.30 bits per heavy atom. The number of fused-ring (bicyclic) bond motifs is 13. The monoisotopic (exact) mass is 733 g/mol. The van der Waals surface area contributed by atoms with Gasteiger partial charge in [0.1, 0.15) is 0 Å². The van der Waals surface area contributed by atoms with Gasteiger partial charge in [0.15, 0.2) is 5.16 Å². The van der Waals surface area contributed by atoms with Crippen LogP contribution in [0.3, 0.4) is 0 Å². The fraction of sp³-hybridized carbons (Fsp3) is 0.0200. The lowest BCUT2D eigenvalue weighted by atomic mass is 10.1. The van der Waals surface area contributed by atoms with Crippen LogP contribution in [0.25, 0.3) is 93.5 Å². The molecule has 0 N–H and O–H groups in total. The molecule has 0 spiro atoms. The van der Waals surface area contributed by atoms with Crippen LogP contribution in [0, 0.1) is 0 Å². The maximum Gasteiger partial charge on any atom is 0.174 e. The molecule has 0 aliphatic carbocycles. The number of para-hydroxylation sites is 6. The molecule has 0 unspecified atom stereocenters. The summed E-state index contributed by atoms with van der Waals surface area (Å²) in [6, 6.07) is 64.5. The molecule has 0 radical (unpaired) electrons. The Labute approximate surface area is 325 Å². The minimum Gasteiger partial charge on any atom is -0.314 e. The summed E-state index contributed by atoms with van der Waals surface area (Å²) < 4.78 is 9.64. The minimum absolute atomic E-state index is 0.815. The Morgan fingerprint density at radius 1 is 0.375 bits per heavy atom. The zero-order chi connectivity index (χ0) is 36.5. The summed E-state index contributed by atoms with van der Waals surface area (Å²) in [5.74, 6) is 0. The second-order valence-corrected chi connectivity index (χ2v) is 15.9. The van der Waals surface area contributed by atoms with Crippen LogP contribution in [0.1, 0.15) is 5.56 Å². The van der Waals surface area contributed by atoms with E-state index in [1.54, 1.807) is 11.8 Å². The van der Waals surface area contributed by atoms with E-state index >= 15 is 0 Å². The van der Waals surface area contributed by atoms with Crippen LogP contribution >= 0.6 is 11.8 Å². The lowest BCUT2D eigenvalue weighted by molar-refractivity contribution is 0.707. The number of nitrogens with zero attached hydrogens (tertiary/aromatic N) is 5. The normalized spacial score (nSPS) is 12.9. The first-order valence-corrected chi connectivity index (χ1v) is 19.9. The highest BCUT2D eigenvalue weighted by molar-refractivity contribution is 7.99. The molecule has 1 aliphatic heterocycles. The predicted octanol–water partition coefficient (Wildman–Crippen LogP) is 12.8. The summed E-state index contributed by atoms with van der Waals surface area (Å²) >= 11 is 1.77. The van der Waals surface area contributed by atoms with Crippen molar-refractivity contribution in [2.24, 2.45) is 0 Å². The first kappa shape index (κ1) is 30.3. The van der Waals surface area contributed by atoms with E-state index in [0.29, 0.717) is 0 Å². The molecule has 4 aromatic heterocycles. The summed E-state index contributed by atoms with van der Waals surface area (Å²) in [5, 5.41) is 8.53. The van der Waals surface area contributed by atoms with Crippen LogP contribution in [0.15, 0.2) is 186 Å². The summed E-state index contributed by atoms with van der Waals surface area (Å²) in [7, 11) is 0. The highest BCUT2D eigenvalue weighted by atomic mass is 32.2. The second-order valence-electron chi connectivity index (χ2n) is 14.8. The van der Waals surface area contributed by atoms with Gasteiger partial charge in [-0.1, -0.05) is 103 Å². The largest absolute Gasteiger partial charge is 0.314 e. The van der Waals surface area contributed by atoms with Crippen molar-refractivity contribution >= 4 is 88.2 Å². The average Bonchev–Trinajstić information content (AvgIpc) is 3.98. The first-order chi connectivity index (χ1) is 27.8. The van der Waals surface area contributed by atoms with Gasteiger partial charge in [-0.05, 0) is 90.5 Å². The van der Waals surface area contributed by atoms with Crippen LogP contribution in [-0.4, -0.2) is 23.3 Å². The fourth-order valence-corrected chi connectivity index (χ4v) is 10.5. The van der Waals surface area contributed by atoms with Gasteiger partial charge in [-0.25, -0.2) is 4.98 Å². The third-order valence-corrected chi connectivity index (χ3v) is 13.0. The lowest BCUT2D eigenvalue weighted by Gasteiger charge is -2.20. The van der Waals surface area contributed by atoms with Gasteiger partial charge in [-0.15, -0.1) is 0 Å². The molecule has 0 bridgehead atoms. The molecule has 0 fully saturated rings. The van der Waals surface area contributed by atoms with Crippen molar-refractivity contribution in [2.45, 2.75) is 16.6 Å². The molecule has 12 aromatic rings. The first-order valence-electron chi connectivity index (χ1n) is 19.1. The van der Waals surface area contributed by atoms with Crippen molar-refractivity contribution in [3.8, 4) is 17.1 Å². The van der Waals surface area contributed by atoms with Crippen LogP contribution in [0.5, 0.6) is 0 Å². The van der Waals surface area contributed by atoms with Crippen LogP contribution in [-0.2, 0) is 6.54 Å². The smallest absolute Gasteiger partial charge is 0.174 e. The molecule has 8 aromatic carbocycles. The zero-order valence-electron chi connectivity index (χ0n) is 30.1. The van der Waals surface area contributed by atoms with Gasteiger partial charge in [0, 0.05) is 54.3 Å². The van der Waals surface area contributed by atoms with E-state index < -0.39 is 0 Å². The van der Waals surface area contributed by atoms with E-state index in [-0.39, 0.29) is 0 Å². The second kappa shape index (κ2) is 11.3. The number of hydrogen-bond acceptors (Lipinski definition) is 2. The van der Waals surface area contributed by atoms with Crippen molar-refractivity contribution in [1.82, 2.24) is 23.3 Å². The molecule has 6 heteroatoms.